The van der Waals surface area contributed by atoms with E-state index in [9.17, 15) is 13.2 Å². The van der Waals surface area contributed by atoms with E-state index in [2.05, 4.69) is 4.98 Å². The molecule has 2 aromatic heterocycles. The summed E-state index contributed by atoms with van der Waals surface area (Å²) in [6.07, 6.45) is 4.44. The molecule has 8 heteroatoms. The molecule has 0 bridgehead atoms. The van der Waals surface area contributed by atoms with Crippen molar-refractivity contribution in [1.29, 1.82) is 0 Å². The van der Waals surface area contributed by atoms with Crippen LogP contribution in [0.5, 0.6) is 0 Å². The number of aryl methyl sites for hydroxylation is 1. The zero-order valence-corrected chi connectivity index (χ0v) is 14.5. The Kier molecular flexibility index (Phi) is 4.54. The normalized spacial score (nSPS) is 16.7. The number of piperidine rings is 1. The van der Waals surface area contributed by atoms with E-state index in [1.165, 1.54) is 10.8 Å². The smallest absolute Gasteiger partial charge is 0.227 e. The van der Waals surface area contributed by atoms with Gasteiger partial charge in [0.2, 0.25) is 20.9 Å². The molecule has 1 amide bonds. The van der Waals surface area contributed by atoms with Gasteiger partial charge in [-0.2, -0.15) is 11.3 Å². The van der Waals surface area contributed by atoms with Gasteiger partial charge in [-0.3, -0.25) is 4.79 Å². The molecule has 0 atom stereocenters. The van der Waals surface area contributed by atoms with Crippen LogP contribution < -0.4 is 0 Å². The molecule has 0 spiro atoms. The number of amides is 1. The second-order valence-corrected chi connectivity index (χ2v) is 8.66. The molecular formula is C15H19N3O3S2. The van der Waals surface area contributed by atoms with E-state index in [4.69, 9.17) is 0 Å². The zero-order chi connectivity index (χ0) is 16.4. The molecule has 3 heterocycles. The molecule has 1 fully saturated rings. The minimum absolute atomic E-state index is 0.0660. The van der Waals surface area contributed by atoms with Crippen molar-refractivity contribution in [3.8, 4) is 0 Å². The van der Waals surface area contributed by atoms with Crippen molar-refractivity contribution in [2.45, 2.75) is 29.7 Å². The zero-order valence-electron chi connectivity index (χ0n) is 12.9. The van der Waals surface area contributed by atoms with Crippen molar-refractivity contribution in [2.75, 3.05) is 13.1 Å². The quantitative estimate of drug-likeness (QED) is 0.835. The molecule has 124 valence electrons. The van der Waals surface area contributed by atoms with E-state index < -0.39 is 15.1 Å². The fourth-order valence-electron chi connectivity index (χ4n) is 2.87. The van der Waals surface area contributed by atoms with Crippen LogP contribution in [-0.4, -0.2) is 47.1 Å². The Hall–Kier alpha value is -1.67. The predicted octanol–water partition coefficient (Wildman–Crippen LogP) is 1.49. The molecular weight excluding hydrogens is 334 g/mol. The third kappa shape index (κ3) is 3.32. The SMILES string of the molecule is Cn1ccnc1S(=O)(=O)C1CCN(C(=O)Cc2ccsc2)CC1. The Balaban J connectivity index is 1.62. The fourth-order valence-corrected chi connectivity index (χ4v) is 5.34. The van der Waals surface area contributed by atoms with Gasteiger partial charge in [-0.1, -0.05) is 0 Å². The number of aromatic nitrogens is 2. The summed E-state index contributed by atoms with van der Waals surface area (Å²) >= 11 is 1.57. The molecule has 1 saturated heterocycles. The van der Waals surface area contributed by atoms with Crippen LogP contribution in [0.3, 0.4) is 0 Å². The maximum absolute atomic E-state index is 12.6. The molecule has 0 unspecified atom stereocenters. The lowest BCUT2D eigenvalue weighted by molar-refractivity contribution is -0.131. The first kappa shape index (κ1) is 16.2. The third-order valence-electron chi connectivity index (χ3n) is 4.20. The molecule has 0 radical (unpaired) electrons. The van der Waals surface area contributed by atoms with Crippen molar-refractivity contribution in [3.05, 3.63) is 34.8 Å². The van der Waals surface area contributed by atoms with E-state index in [0.717, 1.165) is 5.56 Å². The van der Waals surface area contributed by atoms with Gasteiger partial charge in [-0.25, -0.2) is 13.4 Å². The van der Waals surface area contributed by atoms with Gasteiger partial charge < -0.3 is 9.47 Å². The maximum atomic E-state index is 12.6. The van der Waals surface area contributed by atoms with Crippen LogP contribution in [0.15, 0.2) is 34.4 Å². The lowest BCUT2D eigenvalue weighted by Crippen LogP contribution is -2.43. The Morgan fingerprint density at radius 2 is 2.13 bits per heavy atom. The van der Waals surface area contributed by atoms with Crippen molar-refractivity contribution >= 4 is 27.1 Å². The first-order valence-electron chi connectivity index (χ1n) is 7.48. The highest BCUT2D eigenvalue weighted by Gasteiger charge is 2.34. The van der Waals surface area contributed by atoms with Crippen LogP contribution in [-0.2, 0) is 28.1 Å². The number of sulfone groups is 1. The third-order valence-corrected chi connectivity index (χ3v) is 7.18. The van der Waals surface area contributed by atoms with E-state index in [0.29, 0.717) is 32.4 Å². The predicted molar refractivity (Wildman–Crippen MR) is 88.0 cm³/mol. The monoisotopic (exact) mass is 353 g/mol. The largest absolute Gasteiger partial charge is 0.342 e. The van der Waals surface area contributed by atoms with Gasteiger partial charge >= 0.3 is 0 Å². The van der Waals surface area contributed by atoms with Gasteiger partial charge in [0, 0.05) is 32.5 Å². The van der Waals surface area contributed by atoms with Crippen LogP contribution in [0, 0.1) is 0 Å². The molecule has 0 saturated carbocycles. The number of hydrogen-bond acceptors (Lipinski definition) is 5. The Morgan fingerprint density at radius 1 is 1.39 bits per heavy atom. The van der Waals surface area contributed by atoms with Gasteiger partial charge in [0.25, 0.3) is 0 Å². The minimum Gasteiger partial charge on any atom is -0.342 e. The first-order chi connectivity index (χ1) is 11.0. The molecule has 0 aliphatic carbocycles. The number of hydrogen-bond donors (Lipinski definition) is 0. The summed E-state index contributed by atoms with van der Waals surface area (Å²) in [4.78, 5) is 18.0. The molecule has 3 rings (SSSR count). The number of nitrogens with zero attached hydrogens (tertiary/aromatic N) is 3. The van der Waals surface area contributed by atoms with Crippen molar-refractivity contribution in [2.24, 2.45) is 7.05 Å². The Bertz CT molecular complexity index is 773. The molecule has 1 aliphatic heterocycles. The molecule has 1 aliphatic rings. The summed E-state index contributed by atoms with van der Waals surface area (Å²) in [6, 6.07) is 1.95. The van der Waals surface area contributed by atoms with Gasteiger partial charge in [-0.05, 0) is 35.2 Å². The van der Waals surface area contributed by atoms with Gasteiger partial charge in [0.15, 0.2) is 0 Å². The summed E-state index contributed by atoms with van der Waals surface area (Å²) in [6.45, 7) is 0.967. The van der Waals surface area contributed by atoms with E-state index in [1.807, 2.05) is 16.8 Å². The summed E-state index contributed by atoms with van der Waals surface area (Å²) < 4.78 is 26.8. The topological polar surface area (TPSA) is 72.3 Å². The number of carbonyl (C=O) groups excluding carboxylic acids is 1. The molecule has 2 aromatic rings. The minimum atomic E-state index is -3.43. The Morgan fingerprint density at radius 3 is 2.70 bits per heavy atom. The number of rotatable bonds is 4. The molecule has 23 heavy (non-hydrogen) atoms. The second kappa shape index (κ2) is 6.45. The van der Waals surface area contributed by atoms with Crippen LogP contribution in [0.4, 0.5) is 0 Å². The van der Waals surface area contributed by atoms with Gasteiger partial charge in [0.05, 0.1) is 11.7 Å². The lowest BCUT2D eigenvalue weighted by atomic mass is 10.1. The van der Waals surface area contributed by atoms with Crippen molar-refractivity contribution < 1.29 is 13.2 Å². The Labute approximate surface area is 139 Å². The van der Waals surface area contributed by atoms with E-state index >= 15 is 0 Å². The molecule has 0 N–H and O–H groups in total. The van der Waals surface area contributed by atoms with Crippen LogP contribution in [0.1, 0.15) is 18.4 Å². The summed E-state index contributed by atoms with van der Waals surface area (Å²) in [5.41, 5.74) is 1.02. The number of carbonyl (C=O) groups is 1. The van der Waals surface area contributed by atoms with E-state index in [1.54, 1.807) is 29.5 Å². The summed E-state index contributed by atoms with van der Waals surface area (Å²) in [5.74, 6) is 0.0660. The summed E-state index contributed by atoms with van der Waals surface area (Å²) in [5, 5.41) is 3.57. The number of likely N-dealkylation sites (tertiary alicyclic amines) is 1. The van der Waals surface area contributed by atoms with Crippen LogP contribution >= 0.6 is 11.3 Å². The maximum Gasteiger partial charge on any atom is 0.227 e. The highest BCUT2D eigenvalue weighted by molar-refractivity contribution is 7.91. The summed E-state index contributed by atoms with van der Waals surface area (Å²) in [7, 11) is -1.75. The van der Waals surface area contributed by atoms with Crippen molar-refractivity contribution in [1.82, 2.24) is 14.5 Å². The lowest BCUT2D eigenvalue weighted by Gasteiger charge is -2.31. The standard InChI is InChI=1S/C15H19N3O3S2/c1-17-8-5-16-15(17)23(20,21)13-2-6-18(7-3-13)14(19)10-12-4-9-22-11-12/h4-5,8-9,11,13H,2-3,6-7,10H2,1H3. The average Bonchev–Trinajstić information content (AvgIpc) is 3.19. The highest BCUT2D eigenvalue weighted by atomic mass is 32.2. The molecule has 0 aromatic carbocycles. The average molecular weight is 353 g/mol. The fraction of sp³-hybridized carbons (Fsp3) is 0.467. The number of thiophene rings is 1. The van der Waals surface area contributed by atoms with Gasteiger partial charge in [-0.15, -0.1) is 0 Å². The van der Waals surface area contributed by atoms with Crippen molar-refractivity contribution in [3.63, 3.8) is 0 Å². The molecule has 6 nitrogen and oxygen atoms in total. The first-order valence-corrected chi connectivity index (χ1v) is 9.97. The number of imidazole rings is 1. The second-order valence-electron chi connectivity index (χ2n) is 5.75. The van der Waals surface area contributed by atoms with Crippen LogP contribution in [0.2, 0.25) is 0 Å². The van der Waals surface area contributed by atoms with Gasteiger partial charge in [0.1, 0.15) is 0 Å². The van der Waals surface area contributed by atoms with Crippen LogP contribution in [0.25, 0.3) is 0 Å². The van der Waals surface area contributed by atoms with E-state index in [-0.39, 0.29) is 11.1 Å². The highest BCUT2D eigenvalue weighted by Crippen LogP contribution is 2.24.